The van der Waals surface area contributed by atoms with Crippen molar-refractivity contribution < 1.29 is 9.53 Å². The molecule has 2 aromatic rings. The Labute approximate surface area is 148 Å². The molecule has 130 valence electrons. The summed E-state index contributed by atoms with van der Waals surface area (Å²) in [7, 11) is 1.60. The Bertz CT molecular complexity index is 767. The molecule has 5 nitrogen and oxygen atoms in total. The monoisotopic (exact) mass is 337 g/mol. The molecule has 1 saturated heterocycles. The summed E-state index contributed by atoms with van der Waals surface area (Å²) >= 11 is 0. The fourth-order valence-corrected chi connectivity index (χ4v) is 3.84. The molecular formula is C20H23N3O2. The van der Waals surface area contributed by atoms with Gasteiger partial charge in [-0.25, -0.2) is 4.98 Å². The lowest BCUT2D eigenvalue weighted by molar-refractivity contribution is 0.0962. The summed E-state index contributed by atoms with van der Waals surface area (Å²) in [6.07, 6.45) is 6.45. The topological polar surface area (TPSA) is 54.5 Å². The maximum absolute atomic E-state index is 11.6. The van der Waals surface area contributed by atoms with Gasteiger partial charge in [0, 0.05) is 25.4 Å². The number of hydrogen-bond donors (Lipinski definition) is 1. The molecule has 1 N–H and O–H groups in total. The second-order valence-corrected chi connectivity index (χ2v) is 6.80. The number of likely N-dealkylation sites (tertiary alicyclic amines) is 1. The van der Waals surface area contributed by atoms with Crippen LogP contribution in [0.1, 0.15) is 34.3 Å². The van der Waals surface area contributed by atoms with Crippen molar-refractivity contribution in [2.24, 2.45) is 0 Å². The number of benzene rings is 1. The second-order valence-electron chi connectivity index (χ2n) is 6.80. The van der Waals surface area contributed by atoms with Gasteiger partial charge >= 0.3 is 0 Å². The molecule has 0 bridgehead atoms. The number of ether oxygens (including phenoxy) is 1. The van der Waals surface area contributed by atoms with Crippen LogP contribution in [-0.4, -0.2) is 42.0 Å². The SMILES string of the molecule is CNC(=O)c1ccc(Oc2ccc3c(c2)CC(N2CCCC2)C3)nc1. The quantitative estimate of drug-likeness (QED) is 0.932. The Morgan fingerprint density at radius 3 is 2.68 bits per heavy atom. The van der Waals surface area contributed by atoms with Crippen molar-refractivity contribution in [1.82, 2.24) is 15.2 Å². The van der Waals surface area contributed by atoms with E-state index in [0.29, 0.717) is 17.5 Å². The Hall–Kier alpha value is -2.40. The van der Waals surface area contributed by atoms with Gasteiger partial charge in [0.15, 0.2) is 0 Å². The molecule has 4 rings (SSSR count). The van der Waals surface area contributed by atoms with E-state index >= 15 is 0 Å². The first kappa shape index (κ1) is 16.1. The zero-order chi connectivity index (χ0) is 17.2. The third-order valence-corrected chi connectivity index (χ3v) is 5.19. The third kappa shape index (κ3) is 3.37. The Balaban J connectivity index is 1.45. The molecule has 0 spiro atoms. The third-order valence-electron chi connectivity index (χ3n) is 5.19. The molecule has 5 heteroatoms. The van der Waals surface area contributed by atoms with Gasteiger partial charge in [-0.2, -0.15) is 0 Å². The summed E-state index contributed by atoms with van der Waals surface area (Å²) in [5, 5.41) is 2.58. The number of carbonyl (C=O) groups excluding carboxylic acids is 1. The van der Waals surface area contributed by atoms with Crippen LogP contribution in [0.2, 0.25) is 0 Å². The summed E-state index contributed by atoms with van der Waals surface area (Å²) in [6, 6.07) is 10.4. The number of nitrogens with one attached hydrogen (secondary N) is 1. The molecule has 2 aliphatic rings. The number of nitrogens with zero attached hydrogens (tertiary/aromatic N) is 2. The number of amides is 1. The fraction of sp³-hybridized carbons (Fsp3) is 0.400. The van der Waals surface area contributed by atoms with Crippen LogP contribution in [0.15, 0.2) is 36.5 Å². The van der Waals surface area contributed by atoms with Gasteiger partial charge < -0.3 is 10.1 Å². The van der Waals surface area contributed by atoms with Crippen LogP contribution in [0.4, 0.5) is 0 Å². The summed E-state index contributed by atoms with van der Waals surface area (Å²) in [5.41, 5.74) is 3.35. The largest absolute Gasteiger partial charge is 0.439 e. The summed E-state index contributed by atoms with van der Waals surface area (Å²) in [4.78, 5) is 18.4. The van der Waals surface area contributed by atoms with E-state index in [9.17, 15) is 4.79 Å². The maximum atomic E-state index is 11.6. The molecule has 0 radical (unpaired) electrons. The predicted molar refractivity (Wildman–Crippen MR) is 96.1 cm³/mol. The Morgan fingerprint density at radius 2 is 1.96 bits per heavy atom. The van der Waals surface area contributed by atoms with E-state index in [-0.39, 0.29) is 5.91 Å². The smallest absolute Gasteiger partial charge is 0.252 e. The van der Waals surface area contributed by atoms with Gasteiger partial charge in [0.2, 0.25) is 5.88 Å². The van der Waals surface area contributed by atoms with Crippen molar-refractivity contribution >= 4 is 5.91 Å². The Kier molecular flexibility index (Phi) is 4.40. The van der Waals surface area contributed by atoms with Gasteiger partial charge in [-0.1, -0.05) is 6.07 Å². The second kappa shape index (κ2) is 6.84. The van der Waals surface area contributed by atoms with Gasteiger partial charge in [-0.3, -0.25) is 9.69 Å². The minimum Gasteiger partial charge on any atom is -0.439 e. The van der Waals surface area contributed by atoms with Crippen LogP contribution in [0, 0.1) is 0 Å². The minimum atomic E-state index is -0.149. The van der Waals surface area contributed by atoms with Crippen molar-refractivity contribution in [1.29, 1.82) is 0 Å². The molecule has 1 aliphatic carbocycles. The maximum Gasteiger partial charge on any atom is 0.252 e. The van der Waals surface area contributed by atoms with Crippen molar-refractivity contribution in [3.63, 3.8) is 0 Å². The zero-order valence-electron chi connectivity index (χ0n) is 14.5. The number of pyridine rings is 1. The van der Waals surface area contributed by atoms with Gasteiger partial charge in [0.1, 0.15) is 5.75 Å². The molecule has 1 aromatic heterocycles. The first-order chi connectivity index (χ1) is 12.2. The number of hydrogen-bond acceptors (Lipinski definition) is 4. The molecule has 1 aliphatic heterocycles. The molecule has 25 heavy (non-hydrogen) atoms. The molecule has 1 fully saturated rings. The first-order valence-electron chi connectivity index (χ1n) is 8.95. The molecule has 1 atom stereocenters. The Morgan fingerprint density at radius 1 is 1.16 bits per heavy atom. The lowest BCUT2D eigenvalue weighted by Gasteiger charge is -2.22. The van der Waals surface area contributed by atoms with Gasteiger partial charge in [-0.05, 0) is 68.1 Å². The van der Waals surface area contributed by atoms with Crippen LogP contribution < -0.4 is 10.1 Å². The minimum absolute atomic E-state index is 0.149. The van der Waals surface area contributed by atoms with Gasteiger partial charge in [-0.15, -0.1) is 0 Å². The van der Waals surface area contributed by atoms with Crippen molar-refractivity contribution in [3.05, 3.63) is 53.2 Å². The molecule has 1 aromatic carbocycles. The van der Waals surface area contributed by atoms with E-state index in [1.807, 2.05) is 6.07 Å². The van der Waals surface area contributed by atoms with E-state index in [4.69, 9.17) is 4.74 Å². The van der Waals surface area contributed by atoms with Crippen molar-refractivity contribution in [3.8, 4) is 11.6 Å². The number of fused-ring (bicyclic) bond motifs is 1. The average Bonchev–Trinajstić information content (AvgIpc) is 3.30. The highest BCUT2D eigenvalue weighted by Crippen LogP contribution is 2.31. The predicted octanol–water partition coefficient (Wildman–Crippen LogP) is 2.80. The standard InChI is InChI=1S/C20H23N3O2/c1-21-20(24)15-5-7-19(22-13-15)25-18-6-4-14-10-17(11-16(14)12-18)23-8-2-3-9-23/h4-7,12-13,17H,2-3,8-11H2,1H3,(H,21,24). The summed E-state index contributed by atoms with van der Waals surface area (Å²) in [5.74, 6) is 1.16. The zero-order valence-corrected chi connectivity index (χ0v) is 14.5. The van der Waals surface area contributed by atoms with Crippen LogP contribution >= 0.6 is 0 Å². The van der Waals surface area contributed by atoms with Gasteiger partial charge in [0.05, 0.1) is 5.56 Å². The number of carbonyl (C=O) groups is 1. The lowest BCUT2D eigenvalue weighted by Crippen LogP contribution is -2.33. The average molecular weight is 337 g/mol. The van der Waals surface area contributed by atoms with Crippen LogP contribution in [0.3, 0.4) is 0 Å². The van der Waals surface area contributed by atoms with E-state index in [1.54, 1.807) is 19.2 Å². The molecule has 2 heterocycles. The van der Waals surface area contributed by atoms with E-state index in [2.05, 4.69) is 27.3 Å². The summed E-state index contributed by atoms with van der Waals surface area (Å²) in [6.45, 7) is 2.48. The normalized spacial score (nSPS) is 19.6. The highest BCUT2D eigenvalue weighted by Gasteiger charge is 2.28. The van der Waals surface area contributed by atoms with Crippen LogP contribution in [0.5, 0.6) is 11.6 Å². The van der Waals surface area contributed by atoms with E-state index < -0.39 is 0 Å². The lowest BCUT2D eigenvalue weighted by atomic mass is 10.1. The van der Waals surface area contributed by atoms with E-state index in [1.165, 1.54) is 43.3 Å². The van der Waals surface area contributed by atoms with Gasteiger partial charge in [0.25, 0.3) is 5.91 Å². The summed E-state index contributed by atoms with van der Waals surface area (Å²) < 4.78 is 5.88. The fourth-order valence-electron chi connectivity index (χ4n) is 3.84. The number of rotatable bonds is 4. The number of aromatic nitrogens is 1. The van der Waals surface area contributed by atoms with Crippen LogP contribution in [0.25, 0.3) is 0 Å². The highest BCUT2D eigenvalue weighted by molar-refractivity contribution is 5.93. The molecule has 1 amide bonds. The molecule has 0 saturated carbocycles. The molecule has 1 unspecified atom stereocenters. The first-order valence-corrected chi connectivity index (χ1v) is 8.95. The van der Waals surface area contributed by atoms with E-state index in [0.717, 1.165) is 18.6 Å². The van der Waals surface area contributed by atoms with Crippen molar-refractivity contribution in [2.45, 2.75) is 31.7 Å². The van der Waals surface area contributed by atoms with Crippen LogP contribution in [-0.2, 0) is 12.8 Å². The van der Waals surface area contributed by atoms with Crippen molar-refractivity contribution in [2.75, 3.05) is 20.1 Å². The highest BCUT2D eigenvalue weighted by atomic mass is 16.5. The molecular weight excluding hydrogens is 314 g/mol.